The molecule has 0 radical (unpaired) electrons. The molecule has 0 amide bonds. The molecule has 6 rings (SSSR count). The molecule has 2 aliphatic heterocycles. The Hall–Kier alpha value is -0.800. The summed E-state index contributed by atoms with van der Waals surface area (Å²) in [5.74, 6) is 3.44. The minimum Gasteiger partial charge on any atom is -0.389 e. The van der Waals surface area contributed by atoms with E-state index < -0.39 is 0 Å². The summed E-state index contributed by atoms with van der Waals surface area (Å²) in [5.41, 5.74) is 5.25. The molecule has 7 nitrogen and oxygen atoms in total. The second-order valence-corrected chi connectivity index (χ2v) is 15.5. The summed E-state index contributed by atoms with van der Waals surface area (Å²) in [4.78, 5) is 2.71. The van der Waals surface area contributed by atoms with Gasteiger partial charge in [0.15, 0.2) is 0 Å². The van der Waals surface area contributed by atoms with Gasteiger partial charge in [-0.2, -0.15) is 0 Å². The zero-order valence-electron chi connectivity index (χ0n) is 28.4. The second-order valence-electron chi connectivity index (χ2n) is 15.5. The Bertz CT molecular complexity index is 1050. The summed E-state index contributed by atoms with van der Waals surface area (Å²) in [6.07, 6.45) is 12.9. The van der Waals surface area contributed by atoms with Gasteiger partial charge in [0.05, 0.1) is 64.1 Å². The molecule has 1 N–H and O–H groups in total. The van der Waals surface area contributed by atoms with E-state index >= 15 is 0 Å². The van der Waals surface area contributed by atoms with E-state index in [1.165, 1.54) is 38.5 Å². The fourth-order valence-electron chi connectivity index (χ4n) is 10.8. The molecule has 44 heavy (non-hydrogen) atoms. The molecular formula is C37H61NO6. The Labute approximate surface area is 267 Å². The Balaban J connectivity index is 1.05. The fourth-order valence-corrected chi connectivity index (χ4v) is 10.8. The molecule has 4 fully saturated rings. The molecular weight excluding hydrogens is 554 g/mol. The number of ether oxygens (including phenoxy) is 5. The van der Waals surface area contributed by atoms with Crippen LogP contribution in [0.2, 0.25) is 0 Å². The van der Waals surface area contributed by atoms with Gasteiger partial charge in [-0.3, -0.25) is 4.90 Å². The number of methoxy groups -OCH3 is 1. The summed E-state index contributed by atoms with van der Waals surface area (Å²) in [7, 11) is 1.68. The third-order valence-electron chi connectivity index (χ3n) is 13.0. The van der Waals surface area contributed by atoms with Gasteiger partial charge < -0.3 is 28.8 Å². The highest BCUT2D eigenvalue weighted by atomic mass is 16.6. The molecule has 4 aliphatic carbocycles. The number of likely N-dealkylation sites (tertiary alicyclic amines) is 1. The number of hydrogen-bond donors (Lipinski definition) is 1. The minimum absolute atomic E-state index is 0.0346. The Morgan fingerprint density at radius 1 is 0.977 bits per heavy atom. The molecule has 1 unspecified atom stereocenters. The molecule has 0 aromatic heterocycles. The first-order valence-corrected chi connectivity index (χ1v) is 18.0. The van der Waals surface area contributed by atoms with Gasteiger partial charge in [0.1, 0.15) is 0 Å². The monoisotopic (exact) mass is 615 g/mol. The molecule has 1 spiro atoms. The third-order valence-corrected chi connectivity index (χ3v) is 13.0. The average molecular weight is 616 g/mol. The first-order valence-electron chi connectivity index (χ1n) is 18.0. The van der Waals surface area contributed by atoms with Gasteiger partial charge in [-0.15, -0.1) is 0 Å². The van der Waals surface area contributed by atoms with Crippen LogP contribution in [0.25, 0.3) is 0 Å². The van der Waals surface area contributed by atoms with Crippen molar-refractivity contribution in [2.75, 3.05) is 66.4 Å². The topological polar surface area (TPSA) is 69.6 Å². The molecule has 0 aromatic rings. The van der Waals surface area contributed by atoms with Gasteiger partial charge in [0.25, 0.3) is 0 Å². The van der Waals surface area contributed by atoms with Gasteiger partial charge in [-0.1, -0.05) is 43.6 Å². The lowest BCUT2D eigenvalue weighted by molar-refractivity contribution is -0.0807. The van der Waals surface area contributed by atoms with Crippen LogP contribution in [-0.4, -0.2) is 100 Å². The summed E-state index contributed by atoms with van der Waals surface area (Å²) in [5, 5.41) is 10.4. The van der Waals surface area contributed by atoms with E-state index in [1.807, 2.05) is 0 Å². The molecule has 2 saturated heterocycles. The predicted octanol–water partition coefficient (Wildman–Crippen LogP) is 5.80. The van der Waals surface area contributed by atoms with Crippen LogP contribution in [0.15, 0.2) is 22.8 Å². The van der Waals surface area contributed by atoms with E-state index in [4.69, 9.17) is 23.7 Å². The van der Waals surface area contributed by atoms with Crippen molar-refractivity contribution >= 4 is 0 Å². The highest BCUT2D eigenvalue weighted by Crippen LogP contribution is 2.64. The number of aliphatic hydroxyl groups excluding tert-OH is 1. The van der Waals surface area contributed by atoms with Gasteiger partial charge in [-0.05, 0) is 93.8 Å². The molecule has 7 heteroatoms. The van der Waals surface area contributed by atoms with Crippen molar-refractivity contribution in [3.8, 4) is 0 Å². The Morgan fingerprint density at radius 2 is 1.70 bits per heavy atom. The smallest absolute Gasteiger partial charge is 0.0765 e. The van der Waals surface area contributed by atoms with Crippen LogP contribution in [0, 0.1) is 35.0 Å². The standard InChI is InChI=1S/C37H61NO6/c1-25-20-34-35(38(24-25)12-13-41-16-17-43-19-18-42-15-14-40-5)27(3)37(44-34)11-9-30-31-7-6-28-21-29(39)8-10-36(28,4)33(31)22-32(30)26(2)23-37/h21,25,27,29-31,33-35,39H,6-20,22-24H2,1-5H3/t25-,27+,29?,30-,31-,33-,34+,35-,36-,37-/m0/s1. The van der Waals surface area contributed by atoms with Crippen molar-refractivity contribution in [2.24, 2.45) is 35.0 Å². The first kappa shape index (κ1) is 33.1. The highest BCUT2D eigenvalue weighted by molar-refractivity contribution is 5.33. The van der Waals surface area contributed by atoms with Crippen molar-refractivity contribution in [3.05, 3.63) is 22.8 Å². The Morgan fingerprint density at radius 3 is 2.45 bits per heavy atom. The molecule has 2 heterocycles. The highest BCUT2D eigenvalue weighted by Gasteiger charge is 2.59. The van der Waals surface area contributed by atoms with Crippen LogP contribution < -0.4 is 0 Å². The molecule has 0 bridgehead atoms. The van der Waals surface area contributed by atoms with E-state index in [0.29, 0.717) is 63.6 Å². The van der Waals surface area contributed by atoms with E-state index in [-0.39, 0.29) is 17.1 Å². The van der Waals surface area contributed by atoms with Crippen molar-refractivity contribution in [1.29, 1.82) is 0 Å². The van der Waals surface area contributed by atoms with Crippen molar-refractivity contribution in [2.45, 2.75) is 109 Å². The molecule has 10 atom stereocenters. The summed E-state index contributed by atoms with van der Waals surface area (Å²) < 4.78 is 29.4. The lowest BCUT2D eigenvalue weighted by Gasteiger charge is -2.49. The largest absolute Gasteiger partial charge is 0.389 e. The SMILES string of the molecule is COCCOCCOCCOCCN1C[C@@H](C)C[C@H]2O[C@]3(CC[C@@H]4C(=C(C)C3)C[C@H]3[C@H]4CCC4=CC(O)CC[C@@]43C)[C@H](C)[C@@H]21. The zero-order valence-corrected chi connectivity index (χ0v) is 28.4. The Kier molecular flexibility index (Phi) is 10.6. The number of aliphatic hydroxyl groups is 1. The predicted molar refractivity (Wildman–Crippen MR) is 173 cm³/mol. The zero-order chi connectivity index (χ0) is 30.9. The van der Waals surface area contributed by atoms with E-state index in [1.54, 1.807) is 23.8 Å². The molecule has 250 valence electrons. The number of fused-ring (bicyclic) bond motifs is 6. The lowest BCUT2D eigenvalue weighted by atomic mass is 9.56. The van der Waals surface area contributed by atoms with Gasteiger partial charge in [0, 0.05) is 32.2 Å². The van der Waals surface area contributed by atoms with Crippen molar-refractivity contribution in [3.63, 3.8) is 0 Å². The fraction of sp³-hybridized carbons (Fsp3) is 0.892. The molecule has 0 aromatic carbocycles. The maximum atomic E-state index is 10.4. The maximum absolute atomic E-state index is 10.4. The van der Waals surface area contributed by atoms with E-state index in [0.717, 1.165) is 56.7 Å². The number of piperidine rings is 1. The van der Waals surface area contributed by atoms with Crippen LogP contribution >= 0.6 is 0 Å². The number of rotatable bonds is 12. The molecule has 6 aliphatic rings. The van der Waals surface area contributed by atoms with Crippen LogP contribution in [0.5, 0.6) is 0 Å². The van der Waals surface area contributed by atoms with Crippen LogP contribution in [-0.2, 0) is 23.7 Å². The van der Waals surface area contributed by atoms with Gasteiger partial charge in [-0.25, -0.2) is 0 Å². The van der Waals surface area contributed by atoms with Gasteiger partial charge in [0.2, 0.25) is 0 Å². The van der Waals surface area contributed by atoms with Crippen molar-refractivity contribution in [1.82, 2.24) is 4.90 Å². The van der Waals surface area contributed by atoms with Crippen LogP contribution in [0.1, 0.15) is 85.5 Å². The van der Waals surface area contributed by atoms with E-state index in [2.05, 4.69) is 38.7 Å². The number of nitrogens with zero attached hydrogens (tertiary/aromatic N) is 1. The second kappa shape index (κ2) is 14.1. The number of hydrogen-bond acceptors (Lipinski definition) is 7. The van der Waals surface area contributed by atoms with Crippen LogP contribution in [0.3, 0.4) is 0 Å². The van der Waals surface area contributed by atoms with Crippen LogP contribution in [0.4, 0.5) is 0 Å². The van der Waals surface area contributed by atoms with Gasteiger partial charge >= 0.3 is 0 Å². The molecule has 2 saturated carbocycles. The lowest BCUT2D eigenvalue weighted by Crippen LogP contribution is -2.52. The minimum atomic E-state index is -0.225. The quantitative estimate of drug-likeness (QED) is 0.220. The van der Waals surface area contributed by atoms with E-state index in [9.17, 15) is 5.11 Å². The average Bonchev–Trinajstić information content (AvgIpc) is 3.46. The summed E-state index contributed by atoms with van der Waals surface area (Å²) >= 11 is 0. The first-order chi connectivity index (χ1) is 21.3. The normalized spacial score (nSPS) is 42.1. The van der Waals surface area contributed by atoms with Crippen molar-refractivity contribution < 1.29 is 28.8 Å². The number of allylic oxidation sites excluding steroid dienone is 2. The summed E-state index contributed by atoms with van der Waals surface area (Å²) in [6.45, 7) is 16.4. The summed E-state index contributed by atoms with van der Waals surface area (Å²) in [6, 6.07) is 0.480. The third kappa shape index (κ3) is 6.50. The maximum Gasteiger partial charge on any atom is 0.0765 e.